The minimum absolute atomic E-state index is 0.530. The van der Waals surface area contributed by atoms with E-state index in [0.29, 0.717) is 17.0 Å². The van der Waals surface area contributed by atoms with E-state index in [4.69, 9.17) is 21.6 Å². The first-order chi connectivity index (χ1) is 12.3. The molecule has 0 spiro atoms. The van der Waals surface area contributed by atoms with Crippen molar-refractivity contribution >= 4 is 28.8 Å². The first-order valence-corrected chi connectivity index (χ1v) is 10.7. The lowest BCUT2D eigenvalue weighted by Gasteiger charge is -2.32. The van der Waals surface area contributed by atoms with Crippen molar-refractivity contribution in [3.63, 3.8) is 0 Å². The normalized spacial score (nSPS) is 23.6. The standard InChI is InChI=1S/C19H23ClN4S/c20-16-10-17(23-18(22-16)12-7-8-12)24-9-3-4-13(11-24)19-21-14-5-1-2-6-15(14)25-19/h10,12-13H,1-9,11H2. The summed E-state index contributed by atoms with van der Waals surface area (Å²) in [5.41, 5.74) is 1.38. The van der Waals surface area contributed by atoms with Crippen LogP contribution in [0.3, 0.4) is 0 Å². The molecule has 2 fully saturated rings. The van der Waals surface area contributed by atoms with Gasteiger partial charge in [-0.1, -0.05) is 11.6 Å². The molecule has 1 unspecified atom stereocenters. The van der Waals surface area contributed by atoms with Crippen molar-refractivity contribution < 1.29 is 0 Å². The molecule has 2 aliphatic carbocycles. The van der Waals surface area contributed by atoms with Gasteiger partial charge in [0.2, 0.25) is 0 Å². The summed E-state index contributed by atoms with van der Waals surface area (Å²) in [6, 6.07) is 1.93. The highest BCUT2D eigenvalue weighted by Crippen LogP contribution is 2.40. The Kier molecular flexibility index (Phi) is 4.17. The third-order valence-corrected chi connectivity index (χ3v) is 7.11. The van der Waals surface area contributed by atoms with Gasteiger partial charge in [0, 0.05) is 35.9 Å². The molecule has 1 aliphatic heterocycles. The van der Waals surface area contributed by atoms with Crippen molar-refractivity contribution in [2.24, 2.45) is 0 Å². The molecular weight excluding hydrogens is 352 g/mol. The van der Waals surface area contributed by atoms with Crippen molar-refractivity contribution in [1.82, 2.24) is 15.0 Å². The summed E-state index contributed by atoms with van der Waals surface area (Å²) in [4.78, 5) is 18.2. The molecule has 5 rings (SSSR count). The number of thiazole rings is 1. The highest BCUT2D eigenvalue weighted by molar-refractivity contribution is 7.11. The van der Waals surface area contributed by atoms with E-state index in [1.54, 1.807) is 4.88 Å². The Morgan fingerprint density at radius 1 is 1.00 bits per heavy atom. The Morgan fingerprint density at radius 2 is 1.88 bits per heavy atom. The lowest BCUT2D eigenvalue weighted by Crippen LogP contribution is -2.35. The van der Waals surface area contributed by atoms with E-state index in [-0.39, 0.29) is 0 Å². The second-order valence-electron chi connectivity index (χ2n) is 7.60. The summed E-state index contributed by atoms with van der Waals surface area (Å²) in [7, 11) is 0. The zero-order valence-electron chi connectivity index (χ0n) is 14.4. The van der Waals surface area contributed by atoms with Crippen LogP contribution in [0.4, 0.5) is 5.82 Å². The molecule has 1 atom stereocenters. The monoisotopic (exact) mass is 374 g/mol. The lowest BCUT2D eigenvalue weighted by atomic mass is 9.98. The van der Waals surface area contributed by atoms with Crippen molar-refractivity contribution in [2.45, 2.75) is 63.2 Å². The topological polar surface area (TPSA) is 41.9 Å². The van der Waals surface area contributed by atoms with E-state index in [2.05, 4.69) is 9.88 Å². The van der Waals surface area contributed by atoms with Gasteiger partial charge in [-0.15, -0.1) is 11.3 Å². The van der Waals surface area contributed by atoms with E-state index in [1.807, 2.05) is 17.4 Å². The van der Waals surface area contributed by atoms with E-state index in [1.165, 1.54) is 62.1 Å². The van der Waals surface area contributed by atoms with Crippen molar-refractivity contribution in [1.29, 1.82) is 0 Å². The number of rotatable bonds is 3. The fraction of sp³-hybridized carbons (Fsp3) is 0.632. The van der Waals surface area contributed by atoms with Crippen LogP contribution in [0.1, 0.15) is 71.8 Å². The third kappa shape index (κ3) is 3.28. The van der Waals surface area contributed by atoms with E-state index < -0.39 is 0 Å². The van der Waals surface area contributed by atoms with Crippen LogP contribution in [0.5, 0.6) is 0 Å². The van der Waals surface area contributed by atoms with E-state index >= 15 is 0 Å². The zero-order valence-corrected chi connectivity index (χ0v) is 16.0. The van der Waals surface area contributed by atoms with Gasteiger partial charge in [-0.05, 0) is 51.4 Å². The van der Waals surface area contributed by atoms with Gasteiger partial charge in [0.15, 0.2) is 0 Å². The number of aromatic nitrogens is 3. The fourth-order valence-electron chi connectivity index (χ4n) is 4.04. The first-order valence-electron chi connectivity index (χ1n) is 9.54. The maximum atomic E-state index is 6.28. The Morgan fingerprint density at radius 3 is 2.72 bits per heavy atom. The van der Waals surface area contributed by atoms with Crippen LogP contribution in [-0.4, -0.2) is 28.0 Å². The second-order valence-corrected chi connectivity index (χ2v) is 9.10. The molecule has 0 radical (unpaired) electrons. The zero-order chi connectivity index (χ0) is 16.8. The van der Waals surface area contributed by atoms with Crippen LogP contribution in [-0.2, 0) is 12.8 Å². The van der Waals surface area contributed by atoms with E-state index in [0.717, 1.165) is 24.7 Å². The molecule has 6 heteroatoms. The number of halogens is 1. The molecule has 0 bridgehead atoms. The maximum absolute atomic E-state index is 6.28. The fourth-order valence-corrected chi connectivity index (χ4v) is 5.51. The Bertz CT molecular complexity index is 762. The molecule has 4 nitrogen and oxygen atoms in total. The number of hydrogen-bond acceptors (Lipinski definition) is 5. The van der Waals surface area contributed by atoms with Gasteiger partial charge >= 0.3 is 0 Å². The van der Waals surface area contributed by atoms with E-state index in [9.17, 15) is 0 Å². The summed E-state index contributed by atoms with van der Waals surface area (Å²) in [6.07, 6.45) is 9.86. The van der Waals surface area contributed by atoms with Gasteiger partial charge in [-0.2, -0.15) is 0 Å². The Balaban J connectivity index is 1.38. The minimum Gasteiger partial charge on any atom is -0.356 e. The molecule has 132 valence electrons. The largest absolute Gasteiger partial charge is 0.356 e. The molecule has 3 heterocycles. The van der Waals surface area contributed by atoms with Crippen LogP contribution in [0, 0.1) is 0 Å². The highest BCUT2D eigenvalue weighted by atomic mass is 35.5. The summed E-state index contributed by atoms with van der Waals surface area (Å²) < 4.78 is 0. The van der Waals surface area contributed by atoms with Gasteiger partial charge in [-0.25, -0.2) is 15.0 Å². The predicted molar refractivity (Wildman–Crippen MR) is 102 cm³/mol. The lowest BCUT2D eigenvalue weighted by molar-refractivity contribution is 0.503. The molecule has 1 saturated carbocycles. The molecule has 0 aromatic carbocycles. The van der Waals surface area contributed by atoms with Gasteiger partial charge < -0.3 is 4.90 Å². The van der Waals surface area contributed by atoms with Gasteiger partial charge in [0.1, 0.15) is 16.8 Å². The van der Waals surface area contributed by atoms with Gasteiger partial charge in [0.25, 0.3) is 0 Å². The van der Waals surface area contributed by atoms with Crippen LogP contribution in [0.15, 0.2) is 6.07 Å². The quantitative estimate of drug-likeness (QED) is 0.728. The number of anilines is 1. The molecule has 25 heavy (non-hydrogen) atoms. The number of aryl methyl sites for hydroxylation is 2. The number of nitrogens with zero attached hydrogens (tertiary/aromatic N) is 4. The molecule has 3 aliphatic rings. The second kappa shape index (κ2) is 6.51. The highest BCUT2D eigenvalue weighted by Gasteiger charge is 2.30. The van der Waals surface area contributed by atoms with Gasteiger partial charge in [-0.3, -0.25) is 0 Å². The predicted octanol–water partition coefficient (Wildman–Crippen LogP) is 4.73. The molecule has 2 aromatic heterocycles. The Labute approximate surface area is 157 Å². The molecular formula is C19H23ClN4S. The Hall–Kier alpha value is -1.20. The summed E-state index contributed by atoms with van der Waals surface area (Å²) in [5.74, 6) is 3.01. The summed E-state index contributed by atoms with van der Waals surface area (Å²) in [5, 5.41) is 1.93. The minimum atomic E-state index is 0.530. The average molecular weight is 375 g/mol. The summed E-state index contributed by atoms with van der Waals surface area (Å²) in [6.45, 7) is 2.06. The van der Waals surface area contributed by atoms with Crippen LogP contribution >= 0.6 is 22.9 Å². The van der Waals surface area contributed by atoms with Crippen molar-refractivity contribution in [3.8, 4) is 0 Å². The van der Waals surface area contributed by atoms with Crippen molar-refractivity contribution in [3.05, 3.63) is 32.6 Å². The average Bonchev–Trinajstić information content (AvgIpc) is 3.40. The van der Waals surface area contributed by atoms with Crippen LogP contribution in [0.2, 0.25) is 5.15 Å². The maximum Gasteiger partial charge on any atom is 0.135 e. The SMILES string of the molecule is Clc1cc(N2CCCC(c3nc4c(s3)CCCC4)C2)nc(C2CC2)n1. The molecule has 2 aromatic rings. The molecule has 0 amide bonds. The number of fused-ring (bicyclic) bond motifs is 1. The smallest absolute Gasteiger partial charge is 0.135 e. The van der Waals surface area contributed by atoms with Crippen LogP contribution < -0.4 is 4.90 Å². The third-order valence-electron chi connectivity index (χ3n) is 5.60. The van der Waals surface area contributed by atoms with Crippen LogP contribution in [0.25, 0.3) is 0 Å². The van der Waals surface area contributed by atoms with Crippen molar-refractivity contribution in [2.75, 3.05) is 18.0 Å². The number of piperidine rings is 1. The molecule has 0 N–H and O–H groups in total. The van der Waals surface area contributed by atoms with Gasteiger partial charge in [0.05, 0.1) is 10.7 Å². The number of hydrogen-bond donors (Lipinski definition) is 0. The molecule has 1 saturated heterocycles. The first kappa shape index (κ1) is 16.0. The summed E-state index contributed by atoms with van der Waals surface area (Å²) >= 11 is 8.24.